The van der Waals surface area contributed by atoms with E-state index in [1.165, 1.54) is 6.92 Å². The van der Waals surface area contributed by atoms with Gasteiger partial charge in [-0.15, -0.1) is 0 Å². The van der Waals surface area contributed by atoms with E-state index in [9.17, 15) is 14.7 Å². The minimum Gasteiger partial charge on any atom is -0.480 e. The molecule has 2 atom stereocenters. The van der Waals surface area contributed by atoms with Gasteiger partial charge in [0.05, 0.1) is 0 Å². The molecule has 1 aromatic rings. The van der Waals surface area contributed by atoms with Crippen molar-refractivity contribution in [3.8, 4) is 0 Å². The van der Waals surface area contributed by atoms with Crippen molar-refractivity contribution in [3.05, 3.63) is 35.4 Å². The maximum Gasteiger partial charge on any atom is 0.329 e. The summed E-state index contributed by atoms with van der Waals surface area (Å²) in [5, 5.41) is 21.0. The first-order valence-electron chi connectivity index (χ1n) is 5.16. The lowest BCUT2D eigenvalue weighted by atomic mass is 10.0. The van der Waals surface area contributed by atoms with Gasteiger partial charge in [-0.2, -0.15) is 0 Å². The van der Waals surface area contributed by atoms with Crippen LogP contribution in [0, 0.1) is 6.92 Å². The number of carbonyl (C=O) groups excluding carboxylic acids is 1. The number of benzene rings is 1. The third-order valence-corrected chi connectivity index (χ3v) is 2.36. The second kappa shape index (κ2) is 5.45. The van der Waals surface area contributed by atoms with E-state index >= 15 is 0 Å². The molecule has 1 rings (SSSR count). The average Bonchev–Trinajstić information content (AvgIpc) is 2.25. The molecule has 5 nitrogen and oxygen atoms in total. The van der Waals surface area contributed by atoms with Gasteiger partial charge in [-0.1, -0.05) is 29.8 Å². The highest BCUT2D eigenvalue weighted by molar-refractivity contribution is 5.82. The fourth-order valence-corrected chi connectivity index (χ4v) is 1.45. The van der Waals surface area contributed by atoms with E-state index < -0.39 is 24.0 Å². The maximum absolute atomic E-state index is 10.9. The molecule has 5 heteroatoms. The normalized spacial score (nSPS) is 13.8. The Balaban J connectivity index is 2.91. The number of aryl methyl sites for hydroxylation is 1. The number of nitrogens with one attached hydrogen (secondary N) is 1. The lowest BCUT2D eigenvalue weighted by Crippen LogP contribution is -2.44. The summed E-state index contributed by atoms with van der Waals surface area (Å²) in [4.78, 5) is 21.8. The van der Waals surface area contributed by atoms with Gasteiger partial charge in [0.15, 0.2) is 6.04 Å². The maximum atomic E-state index is 10.9. The number of hydrogen-bond donors (Lipinski definition) is 3. The van der Waals surface area contributed by atoms with Crippen LogP contribution in [0.3, 0.4) is 0 Å². The average molecular weight is 237 g/mol. The smallest absolute Gasteiger partial charge is 0.329 e. The molecule has 3 N–H and O–H groups in total. The number of rotatable bonds is 4. The molecular weight excluding hydrogens is 222 g/mol. The van der Waals surface area contributed by atoms with Crippen molar-refractivity contribution in [3.63, 3.8) is 0 Å². The van der Waals surface area contributed by atoms with E-state index in [0.717, 1.165) is 5.56 Å². The monoisotopic (exact) mass is 237 g/mol. The summed E-state index contributed by atoms with van der Waals surface area (Å²) in [5.41, 5.74) is 1.46. The molecule has 0 heterocycles. The second-order valence-electron chi connectivity index (χ2n) is 3.87. The zero-order valence-corrected chi connectivity index (χ0v) is 9.68. The largest absolute Gasteiger partial charge is 0.480 e. The molecule has 0 fully saturated rings. The Morgan fingerprint density at radius 2 is 1.76 bits per heavy atom. The molecule has 0 bridgehead atoms. The molecule has 0 saturated carbocycles. The molecule has 0 aliphatic rings. The van der Waals surface area contributed by atoms with Gasteiger partial charge in [-0.25, -0.2) is 4.79 Å². The highest BCUT2D eigenvalue weighted by Gasteiger charge is 2.28. The van der Waals surface area contributed by atoms with Crippen LogP contribution in [0.25, 0.3) is 0 Å². The molecule has 0 radical (unpaired) electrons. The quantitative estimate of drug-likeness (QED) is 0.716. The van der Waals surface area contributed by atoms with Gasteiger partial charge in [-0.05, 0) is 12.5 Å². The number of hydrogen-bond acceptors (Lipinski definition) is 3. The Labute approximate surface area is 99.1 Å². The Hall–Kier alpha value is -1.88. The number of aliphatic hydroxyl groups is 1. The minimum atomic E-state index is -1.34. The lowest BCUT2D eigenvalue weighted by molar-refractivity contribution is -0.145. The van der Waals surface area contributed by atoms with Crippen LogP contribution in [0.4, 0.5) is 0 Å². The molecule has 92 valence electrons. The summed E-state index contributed by atoms with van der Waals surface area (Å²) in [7, 11) is 0. The van der Waals surface area contributed by atoms with Crippen molar-refractivity contribution in [2.45, 2.75) is 26.0 Å². The van der Waals surface area contributed by atoms with Crippen molar-refractivity contribution >= 4 is 11.9 Å². The van der Waals surface area contributed by atoms with Gasteiger partial charge in [0.2, 0.25) is 5.91 Å². The van der Waals surface area contributed by atoms with E-state index in [4.69, 9.17) is 5.11 Å². The standard InChI is InChI=1S/C12H15NO4/c1-7-3-5-9(6-4-7)11(15)10(12(16)17)13-8(2)14/h3-6,10-11,15H,1-2H3,(H,13,14)(H,16,17)/t10-,11?/m0/s1. The highest BCUT2D eigenvalue weighted by atomic mass is 16.4. The van der Waals surface area contributed by atoms with Crippen molar-refractivity contribution in [1.29, 1.82) is 0 Å². The molecule has 17 heavy (non-hydrogen) atoms. The van der Waals surface area contributed by atoms with Gasteiger partial charge in [0, 0.05) is 6.92 Å². The summed E-state index contributed by atoms with van der Waals surface area (Å²) in [6, 6.07) is 5.47. The highest BCUT2D eigenvalue weighted by Crippen LogP contribution is 2.17. The van der Waals surface area contributed by atoms with Crippen LogP contribution in [0.5, 0.6) is 0 Å². The fourth-order valence-electron chi connectivity index (χ4n) is 1.45. The van der Waals surface area contributed by atoms with Crippen molar-refractivity contribution in [1.82, 2.24) is 5.32 Å². The zero-order chi connectivity index (χ0) is 13.0. The van der Waals surface area contributed by atoms with Gasteiger partial charge in [-0.3, -0.25) is 4.79 Å². The number of aliphatic hydroxyl groups excluding tert-OH is 1. The molecule has 0 saturated heterocycles. The molecule has 1 aromatic carbocycles. The van der Waals surface area contributed by atoms with E-state index in [1.54, 1.807) is 24.3 Å². The number of amides is 1. The molecule has 1 unspecified atom stereocenters. The van der Waals surface area contributed by atoms with Gasteiger partial charge >= 0.3 is 5.97 Å². The van der Waals surface area contributed by atoms with Gasteiger partial charge in [0.25, 0.3) is 0 Å². The van der Waals surface area contributed by atoms with Crippen molar-refractivity contribution < 1.29 is 19.8 Å². The summed E-state index contributed by atoms with van der Waals surface area (Å²) < 4.78 is 0. The van der Waals surface area contributed by atoms with Crippen LogP contribution in [-0.4, -0.2) is 28.1 Å². The number of carboxylic acid groups (broad SMARTS) is 1. The third-order valence-electron chi connectivity index (χ3n) is 2.36. The predicted molar refractivity (Wildman–Crippen MR) is 61.4 cm³/mol. The minimum absolute atomic E-state index is 0.455. The zero-order valence-electron chi connectivity index (χ0n) is 9.68. The van der Waals surface area contributed by atoms with E-state index in [0.29, 0.717) is 5.56 Å². The van der Waals surface area contributed by atoms with E-state index in [1.807, 2.05) is 6.92 Å². The van der Waals surface area contributed by atoms with Crippen molar-refractivity contribution in [2.24, 2.45) is 0 Å². The lowest BCUT2D eigenvalue weighted by Gasteiger charge is -2.20. The topological polar surface area (TPSA) is 86.6 Å². The van der Waals surface area contributed by atoms with Crippen LogP contribution in [-0.2, 0) is 9.59 Å². The Morgan fingerprint density at radius 3 is 2.18 bits per heavy atom. The predicted octanol–water partition coefficient (Wildman–Crippen LogP) is 0.618. The first-order valence-corrected chi connectivity index (χ1v) is 5.16. The summed E-state index contributed by atoms with van der Waals surface area (Å²) >= 11 is 0. The summed E-state index contributed by atoms with van der Waals surface area (Å²) in [6.07, 6.45) is -1.27. The number of aliphatic carboxylic acids is 1. The molecular formula is C12H15NO4. The summed E-state index contributed by atoms with van der Waals surface area (Å²) in [5.74, 6) is -1.77. The van der Waals surface area contributed by atoms with Crippen LogP contribution in [0.1, 0.15) is 24.2 Å². The van der Waals surface area contributed by atoms with Crippen LogP contribution < -0.4 is 5.32 Å². The third kappa shape index (κ3) is 3.57. The number of carbonyl (C=O) groups is 2. The second-order valence-corrected chi connectivity index (χ2v) is 3.87. The molecule has 0 aromatic heterocycles. The Bertz CT molecular complexity index is 413. The van der Waals surface area contributed by atoms with E-state index in [-0.39, 0.29) is 0 Å². The van der Waals surface area contributed by atoms with Crippen LogP contribution >= 0.6 is 0 Å². The molecule has 0 spiro atoms. The fraction of sp³-hybridized carbons (Fsp3) is 0.333. The summed E-state index contributed by atoms with van der Waals surface area (Å²) in [6.45, 7) is 3.09. The molecule has 0 aliphatic heterocycles. The van der Waals surface area contributed by atoms with Crippen LogP contribution in [0.15, 0.2) is 24.3 Å². The number of carboxylic acids is 1. The van der Waals surface area contributed by atoms with Gasteiger partial charge in [0.1, 0.15) is 6.10 Å². The van der Waals surface area contributed by atoms with E-state index in [2.05, 4.69) is 5.32 Å². The first-order chi connectivity index (χ1) is 7.91. The Morgan fingerprint density at radius 1 is 1.24 bits per heavy atom. The van der Waals surface area contributed by atoms with Crippen molar-refractivity contribution in [2.75, 3.05) is 0 Å². The van der Waals surface area contributed by atoms with Crippen LogP contribution in [0.2, 0.25) is 0 Å². The molecule has 1 amide bonds. The van der Waals surface area contributed by atoms with Gasteiger partial charge < -0.3 is 15.5 Å². The SMILES string of the molecule is CC(=O)N[C@H](C(=O)O)C(O)c1ccc(C)cc1. The first kappa shape index (κ1) is 13.2. The molecule has 0 aliphatic carbocycles. The Kier molecular flexibility index (Phi) is 4.23.